The molecule has 0 unspecified atom stereocenters. The van der Waals surface area contributed by atoms with Gasteiger partial charge < -0.3 is 10.1 Å². The van der Waals surface area contributed by atoms with Gasteiger partial charge in [-0.1, -0.05) is 23.7 Å². The minimum atomic E-state index is -4.56. The first-order valence-corrected chi connectivity index (χ1v) is 6.45. The molecule has 0 saturated heterocycles. The van der Waals surface area contributed by atoms with E-state index in [4.69, 9.17) is 16.3 Å². The fraction of sp³-hybridized carbons (Fsp3) is 0.143. The van der Waals surface area contributed by atoms with E-state index in [9.17, 15) is 18.0 Å². The fourth-order valence-electron chi connectivity index (χ4n) is 1.65. The number of pyridine rings is 1. The van der Waals surface area contributed by atoms with Crippen molar-refractivity contribution in [2.24, 2.45) is 0 Å². The van der Waals surface area contributed by atoms with Crippen LogP contribution in [0.3, 0.4) is 0 Å². The molecule has 8 heteroatoms. The number of alkyl halides is 3. The van der Waals surface area contributed by atoms with Crippen LogP contribution < -0.4 is 10.1 Å². The lowest BCUT2D eigenvalue weighted by Crippen LogP contribution is -2.22. The highest BCUT2D eigenvalue weighted by Gasteiger charge is 2.33. The van der Waals surface area contributed by atoms with Crippen molar-refractivity contribution in [1.29, 1.82) is 0 Å². The van der Waals surface area contributed by atoms with Gasteiger partial charge in [-0.3, -0.25) is 4.79 Å². The molecule has 0 saturated carbocycles. The van der Waals surface area contributed by atoms with Crippen molar-refractivity contribution < 1.29 is 22.7 Å². The number of amides is 1. The van der Waals surface area contributed by atoms with Crippen molar-refractivity contribution in [3.05, 3.63) is 53.3 Å². The monoisotopic (exact) mass is 330 g/mol. The molecule has 1 aromatic heterocycles. The smallest absolute Gasteiger partial charge is 0.418 e. The van der Waals surface area contributed by atoms with E-state index in [0.717, 1.165) is 12.1 Å². The minimum absolute atomic E-state index is 0.0611. The number of anilines is 1. The molecule has 1 N–H and O–H groups in total. The number of nitrogens with one attached hydrogen (secondary N) is 1. The van der Waals surface area contributed by atoms with Crippen molar-refractivity contribution in [1.82, 2.24) is 4.98 Å². The standard InChI is InChI=1S/C14H10ClF3N2O2/c15-13-11(6-3-7-19-13)22-8-12(21)20-10-5-2-1-4-9(10)14(16,17)18/h1-7H,8H2,(H,20,21). The van der Waals surface area contributed by atoms with E-state index in [1.807, 2.05) is 0 Å². The van der Waals surface area contributed by atoms with Crippen LogP contribution in [-0.2, 0) is 11.0 Å². The second kappa shape index (κ2) is 6.65. The third-order valence-corrected chi connectivity index (χ3v) is 2.87. The van der Waals surface area contributed by atoms with Gasteiger partial charge in [-0.25, -0.2) is 4.98 Å². The summed E-state index contributed by atoms with van der Waals surface area (Å²) in [7, 11) is 0. The number of rotatable bonds is 4. The summed E-state index contributed by atoms with van der Waals surface area (Å²) < 4.78 is 43.5. The van der Waals surface area contributed by atoms with Crippen molar-refractivity contribution in [3.8, 4) is 5.75 Å². The summed E-state index contributed by atoms with van der Waals surface area (Å²) in [6, 6.07) is 7.73. The van der Waals surface area contributed by atoms with Gasteiger partial charge in [-0.05, 0) is 24.3 Å². The number of hydrogen-bond acceptors (Lipinski definition) is 3. The van der Waals surface area contributed by atoms with E-state index in [-0.39, 0.29) is 16.6 Å². The summed E-state index contributed by atoms with van der Waals surface area (Å²) in [5, 5.41) is 2.22. The van der Waals surface area contributed by atoms with Gasteiger partial charge in [0.25, 0.3) is 5.91 Å². The summed E-state index contributed by atoms with van der Waals surface area (Å²) in [5.74, 6) is -0.569. The number of carbonyl (C=O) groups is 1. The fourth-order valence-corrected chi connectivity index (χ4v) is 1.82. The number of carbonyl (C=O) groups excluding carboxylic acids is 1. The van der Waals surface area contributed by atoms with E-state index >= 15 is 0 Å². The van der Waals surface area contributed by atoms with Gasteiger partial charge in [0.1, 0.15) is 0 Å². The molecule has 22 heavy (non-hydrogen) atoms. The Labute approximate surface area is 128 Å². The summed E-state index contributed by atoms with van der Waals surface area (Å²) in [6.45, 7) is -0.488. The third kappa shape index (κ3) is 4.11. The van der Waals surface area contributed by atoms with Crippen LogP contribution in [0.15, 0.2) is 42.6 Å². The Morgan fingerprint density at radius 3 is 2.64 bits per heavy atom. The number of para-hydroxylation sites is 1. The quantitative estimate of drug-likeness (QED) is 0.868. The second-order valence-corrected chi connectivity index (χ2v) is 4.53. The SMILES string of the molecule is O=C(COc1cccnc1Cl)Nc1ccccc1C(F)(F)F. The lowest BCUT2D eigenvalue weighted by atomic mass is 10.1. The molecule has 2 rings (SSSR count). The first-order valence-electron chi connectivity index (χ1n) is 6.07. The van der Waals surface area contributed by atoms with Gasteiger partial charge >= 0.3 is 6.18 Å². The summed E-state index contributed by atoms with van der Waals surface area (Å²) >= 11 is 5.74. The van der Waals surface area contributed by atoms with E-state index < -0.39 is 24.3 Å². The topological polar surface area (TPSA) is 51.2 Å². The molecular weight excluding hydrogens is 321 g/mol. The zero-order valence-corrected chi connectivity index (χ0v) is 11.8. The van der Waals surface area contributed by atoms with Crippen LogP contribution in [-0.4, -0.2) is 17.5 Å². The van der Waals surface area contributed by atoms with E-state index in [0.29, 0.717) is 0 Å². The van der Waals surface area contributed by atoms with Crippen LogP contribution in [0.2, 0.25) is 5.15 Å². The highest BCUT2D eigenvalue weighted by molar-refractivity contribution is 6.30. The summed E-state index contributed by atoms with van der Waals surface area (Å²) in [5.41, 5.74) is -1.26. The Morgan fingerprint density at radius 2 is 1.95 bits per heavy atom. The first kappa shape index (κ1) is 16.1. The molecule has 0 aliphatic rings. The molecule has 0 aliphatic heterocycles. The van der Waals surface area contributed by atoms with Crippen molar-refractivity contribution >= 4 is 23.2 Å². The van der Waals surface area contributed by atoms with E-state index in [1.54, 1.807) is 6.07 Å². The largest absolute Gasteiger partial charge is 0.481 e. The third-order valence-electron chi connectivity index (χ3n) is 2.59. The zero-order valence-electron chi connectivity index (χ0n) is 11.0. The molecule has 1 aromatic carbocycles. The molecule has 4 nitrogen and oxygen atoms in total. The lowest BCUT2D eigenvalue weighted by Gasteiger charge is -2.13. The second-order valence-electron chi connectivity index (χ2n) is 4.17. The van der Waals surface area contributed by atoms with Crippen LogP contribution >= 0.6 is 11.6 Å². The Bertz CT molecular complexity index is 677. The number of halogens is 4. The highest BCUT2D eigenvalue weighted by Crippen LogP contribution is 2.34. The van der Waals surface area contributed by atoms with E-state index in [2.05, 4.69) is 10.3 Å². The Balaban J connectivity index is 2.03. The molecule has 0 bridgehead atoms. The molecule has 2 aromatic rings. The first-order chi connectivity index (χ1) is 10.4. The lowest BCUT2D eigenvalue weighted by molar-refractivity contribution is -0.137. The Hall–Kier alpha value is -2.28. The molecule has 0 atom stereocenters. The van der Waals surface area contributed by atoms with E-state index in [1.165, 1.54) is 24.4 Å². The molecule has 0 radical (unpaired) electrons. The molecule has 0 fully saturated rings. The summed E-state index contributed by atoms with van der Waals surface area (Å²) in [6.07, 6.45) is -3.12. The van der Waals surface area contributed by atoms with Gasteiger partial charge in [0, 0.05) is 6.20 Å². The van der Waals surface area contributed by atoms with Crippen molar-refractivity contribution in [2.75, 3.05) is 11.9 Å². The normalized spacial score (nSPS) is 11.1. The number of nitrogens with zero attached hydrogens (tertiary/aromatic N) is 1. The molecule has 116 valence electrons. The Morgan fingerprint density at radius 1 is 1.23 bits per heavy atom. The molecule has 0 spiro atoms. The zero-order chi connectivity index (χ0) is 16.2. The molecule has 1 amide bonds. The maximum atomic E-state index is 12.8. The van der Waals surface area contributed by atoms with Crippen LogP contribution in [0.4, 0.5) is 18.9 Å². The van der Waals surface area contributed by atoms with Gasteiger partial charge in [-0.15, -0.1) is 0 Å². The maximum absolute atomic E-state index is 12.8. The van der Waals surface area contributed by atoms with Crippen molar-refractivity contribution in [2.45, 2.75) is 6.18 Å². The maximum Gasteiger partial charge on any atom is 0.418 e. The molecule has 1 heterocycles. The van der Waals surface area contributed by atoms with Gasteiger partial charge in [0.05, 0.1) is 11.3 Å². The van der Waals surface area contributed by atoms with Crippen LogP contribution in [0.1, 0.15) is 5.56 Å². The van der Waals surface area contributed by atoms with Gasteiger partial charge in [0.15, 0.2) is 17.5 Å². The number of hydrogen-bond donors (Lipinski definition) is 1. The average Bonchev–Trinajstić information content (AvgIpc) is 2.46. The Kier molecular flexibility index (Phi) is 4.87. The minimum Gasteiger partial charge on any atom is -0.481 e. The van der Waals surface area contributed by atoms with Gasteiger partial charge in [0.2, 0.25) is 0 Å². The van der Waals surface area contributed by atoms with Crippen LogP contribution in [0, 0.1) is 0 Å². The van der Waals surface area contributed by atoms with Crippen LogP contribution in [0.5, 0.6) is 5.75 Å². The predicted molar refractivity (Wildman–Crippen MR) is 74.8 cm³/mol. The van der Waals surface area contributed by atoms with Crippen molar-refractivity contribution in [3.63, 3.8) is 0 Å². The number of aromatic nitrogens is 1. The van der Waals surface area contributed by atoms with Crippen LogP contribution in [0.25, 0.3) is 0 Å². The average molecular weight is 331 g/mol. The summed E-state index contributed by atoms with van der Waals surface area (Å²) in [4.78, 5) is 15.5. The predicted octanol–water partition coefficient (Wildman–Crippen LogP) is 3.77. The van der Waals surface area contributed by atoms with Gasteiger partial charge in [-0.2, -0.15) is 13.2 Å². The number of benzene rings is 1. The number of ether oxygens (including phenoxy) is 1. The highest BCUT2D eigenvalue weighted by atomic mass is 35.5. The molecular formula is C14H10ClF3N2O2. The molecule has 0 aliphatic carbocycles.